The molecule has 0 saturated carbocycles. The fourth-order valence-electron chi connectivity index (χ4n) is 1.29. The number of carbonyl (C=O) groups excluding carboxylic acids is 3. The van der Waals surface area contributed by atoms with Gasteiger partial charge in [0.05, 0.1) is 0 Å². The van der Waals surface area contributed by atoms with Crippen LogP contribution in [0.2, 0.25) is 0 Å². The van der Waals surface area contributed by atoms with Gasteiger partial charge in [-0.15, -0.1) is 0 Å². The molecule has 1 amide bonds. The van der Waals surface area contributed by atoms with Crippen molar-refractivity contribution < 1.29 is 14.4 Å². The predicted molar refractivity (Wildman–Crippen MR) is 59.5 cm³/mol. The number of rotatable bonds is 6. The van der Waals surface area contributed by atoms with Crippen LogP contribution >= 0.6 is 0 Å². The van der Waals surface area contributed by atoms with Crippen LogP contribution in [0.15, 0.2) is 24.3 Å². The Kier molecular flexibility index (Phi) is 4.92. The molecule has 16 heavy (non-hydrogen) atoms. The molecular weight excluding hydrogens is 206 g/mol. The number of nitrogens with one attached hydrogen (secondary N) is 1. The Morgan fingerprint density at radius 1 is 1.25 bits per heavy atom. The van der Waals surface area contributed by atoms with Crippen molar-refractivity contribution in [2.75, 3.05) is 6.54 Å². The molecule has 0 saturated heterocycles. The van der Waals surface area contributed by atoms with E-state index in [1.54, 1.807) is 24.3 Å². The zero-order valence-corrected chi connectivity index (χ0v) is 8.81. The molecule has 1 rings (SSSR count). The Balaban J connectivity index is 2.58. The van der Waals surface area contributed by atoms with Crippen LogP contribution in [-0.4, -0.2) is 25.0 Å². The van der Waals surface area contributed by atoms with Crippen LogP contribution in [0.25, 0.3) is 0 Å². The molecule has 0 unspecified atom stereocenters. The van der Waals surface area contributed by atoms with E-state index in [-0.39, 0.29) is 5.91 Å². The van der Waals surface area contributed by atoms with Crippen molar-refractivity contribution in [3.05, 3.63) is 35.4 Å². The molecule has 0 aliphatic rings. The highest BCUT2D eigenvalue weighted by Crippen LogP contribution is 2.05. The fourth-order valence-corrected chi connectivity index (χ4v) is 1.29. The topological polar surface area (TPSA) is 63.2 Å². The highest BCUT2D eigenvalue weighted by atomic mass is 16.2. The van der Waals surface area contributed by atoms with Gasteiger partial charge in [0.15, 0.2) is 6.29 Å². The summed E-state index contributed by atoms with van der Waals surface area (Å²) in [6.07, 6.45) is 2.50. The number of amides is 1. The van der Waals surface area contributed by atoms with E-state index >= 15 is 0 Å². The minimum Gasteiger partial charge on any atom is -0.352 e. The summed E-state index contributed by atoms with van der Waals surface area (Å²) in [7, 11) is 0. The van der Waals surface area contributed by atoms with Gasteiger partial charge in [0.25, 0.3) is 5.91 Å². The molecule has 0 aromatic heterocycles. The molecule has 0 radical (unpaired) electrons. The first-order valence-electron chi connectivity index (χ1n) is 5.05. The summed E-state index contributed by atoms with van der Waals surface area (Å²) >= 11 is 0. The molecule has 0 fully saturated rings. The summed E-state index contributed by atoms with van der Waals surface area (Å²) in [5.74, 6) is -0.284. The van der Waals surface area contributed by atoms with Gasteiger partial charge in [0.1, 0.15) is 6.29 Å². The second kappa shape index (κ2) is 6.50. The molecule has 84 valence electrons. The van der Waals surface area contributed by atoms with Crippen molar-refractivity contribution in [1.29, 1.82) is 0 Å². The zero-order valence-electron chi connectivity index (χ0n) is 8.81. The van der Waals surface area contributed by atoms with Crippen molar-refractivity contribution in [2.45, 2.75) is 12.8 Å². The lowest BCUT2D eigenvalue weighted by Crippen LogP contribution is -2.25. The quantitative estimate of drug-likeness (QED) is 0.577. The molecule has 0 aliphatic heterocycles. The SMILES string of the molecule is O=CCCCNC(=O)c1ccccc1C=O. The molecule has 4 heteroatoms. The van der Waals surface area contributed by atoms with E-state index in [0.717, 1.165) is 6.29 Å². The fraction of sp³-hybridized carbons (Fsp3) is 0.250. The maximum Gasteiger partial charge on any atom is 0.252 e. The van der Waals surface area contributed by atoms with Gasteiger partial charge in [-0.1, -0.05) is 18.2 Å². The van der Waals surface area contributed by atoms with Crippen LogP contribution in [0.3, 0.4) is 0 Å². The number of hydrogen-bond donors (Lipinski definition) is 1. The van der Waals surface area contributed by atoms with Crippen LogP contribution in [-0.2, 0) is 4.79 Å². The average molecular weight is 219 g/mol. The molecule has 0 bridgehead atoms. The maximum absolute atomic E-state index is 11.6. The van der Waals surface area contributed by atoms with E-state index in [1.165, 1.54) is 0 Å². The highest BCUT2D eigenvalue weighted by molar-refractivity contribution is 6.01. The standard InChI is InChI=1S/C12H13NO3/c14-8-4-3-7-13-12(16)11-6-2-1-5-10(11)9-15/h1-2,5-6,8-9H,3-4,7H2,(H,13,16). The van der Waals surface area contributed by atoms with Gasteiger partial charge in [-0.05, 0) is 12.5 Å². The van der Waals surface area contributed by atoms with Crippen molar-refractivity contribution >= 4 is 18.5 Å². The van der Waals surface area contributed by atoms with Crippen LogP contribution in [0, 0.1) is 0 Å². The van der Waals surface area contributed by atoms with Crippen LogP contribution < -0.4 is 5.32 Å². The lowest BCUT2D eigenvalue weighted by Gasteiger charge is -2.05. The molecule has 0 spiro atoms. The third-order valence-electron chi connectivity index (χ3n) is 2.12. The molecule has 1 aromatic rings. The Morgan fingerprint density at radius 2 is 2.00 bits per heavy atom. The van der Waals surface area contributed by atoms with Crippen molar-refractivity contribution in [3.63, 3.8) is 0 Å². The van der Waals surface area contributed by atoms with E-state index in [4.69, 9.17) is 0 Å². The second-order valence-electron chi connectivity index (χ2n) is 3.27. The van der Waals surface area contributed by atoms with E-state index in [0.29, 0.717) is 36.8 Å². The zero-order chi connectivity index (χ0) is 11.8. The molecule has 4 nitrogen and oxygen atoms in total. The third kappa shape index (κ3) is 3.31. The van der Waals surface area contributed by atoms with Crippen LogP contribution in [0.5, 0.6) is 0 Å². The summed E-state index contributed by atoms with van der Waals surface area (Å²) in [4.78, 5) is 32.4. The molecule has 0 aliphatic carbocycles. The first-order chi connectivity index (χ1) is 7.79. The van der Waals surface area contributed by atoms with Gasteiger partial charge >= 0.3 is 0 Å². The van der Waals surface area contributed by atoms with Crippen molar-refractivity contribution in [2.24, 2.45) is 0 Å². The van der Waals surface area contributed by atoms with Gasteiger partial charge in [-0.25, -0.2) is 0 Å². The largest absolute Gasteiger partial charge is 0.352 e. The summed E-state index contributed by atoms with van der Waals surface area (Å²) < 4.78 is 0. The lowest BCUT2D eigenvalue weighted by molar-refractivity contribution is -0.107. The van der Waals surface area contributed by atoms with E-state index in [9.17, 15) is 14.4 Å². The van der Waals surface area contributed by atoms with Gasteiger partial charge in [-0.3, -0.25) is 9.59 Å². The van der Waals surface area contributed by atoms with E-state index in [2.05, 4.69) is 5.32 Å². The Morgan fingerprint density at radius 3 is 2.69 bits per heavy atom. The third-order valence-corrected chi connectivity index (χ3v) is 2.12. The van der Waals surface area contributed by atoms with Gasteiger partial charge < -0.3 is 10.1 Å². The van der Waals surface area contributed by atoms with Gasteiger partial charge in [0, 0.05) is 24.1 Å². The highest BCUT2D eigenvalue weighted by Gasteiger charge is 2.08. The van der Waals surface area contributed by atoms with Crippen LogP contribution in [0.4, 0.5) is 0 Å². The monoisotopic (exact) mass is 219 g/mol. The lowest BCUT2D eigenvalue weighted by atomic mass is 10.1. The summed E-state index contributed by atoms with van der Waals surface area (Å²) in [6.45, 7) is 0.435. The van der Waals surface area contributed by atoms with Crippen molar-refractivity contribution in [1.82, 2.24) is 5.32 Å². The second-order valence-corrected chi connectivity index (χ2v) is 3.27. The van der Waals surface area contributed by atoms with Gasteiger partial charge in [0.2, 0.25) is 0 Å². The van der Waals surface area contributed by atoms with E-state index in [1.807, 2.05) is 0 Å². The molecule has 1 aromatic carbocycles. The minimum absolute atomic E-state index is 0.284. The number of aldehydes is 2. The Hall–Kier alpha value is -1.97. The minimum atomic E-state index is -0.284. The number of unbranched alkanes of at least 4 members (excludes halogenated alkanes) is 1. The Labute approximate surface area is 93.7 Å². The van der Waals surface area contributed by atoms with Crippen LogP contribution in [0.1, 0.15) is 33.6 Å². The van der Waals surface area contributed by atoms with Crippen molar-refractivity contribution in [3.8, 4) is 0 Å². The predicted octanol–water partition coefficient (Wildman–Crippen LogP) is 1.21. The average Bonchev–Trinajstić information content (AvgIpc) is 2.34. The molecular formula is C12H13NO3. The maximum atomic E-state index is 11.6. The van der Waals surface area contributed by atoms with E-state index < -0.39 is 0 Å². The molecule has 0 atom stereocenters. The number of carbonyl (C=O) groups is 3. The number of benzene rings is 1. The summed E-state index contributed by atoms with van der Waals surface area (Å²) in [5, 5.41) is 2.65. The molecule has 1 N–H and O–H groups in total. The first-order valence-corrected chi connectivity index (χ1v) is 5.05. The number of hydrogen-bond acceptors (Lipinski definition) is 3. The smallest absolute Gasteiger partial charge is 0.252 e. The van der Waals surface area contributed by atoms with Gasteiger partial charge in [-0.2, -0.15) is 0 Å². The first kappa shape index (κ1) is 12.1. The normalized spacial score (nSPS) is 9.50. The Bertz CT molecular complexity index is 388. The summed E-state index contributed by atoms with van der Waals surface area (Å²) in [6, 6.07) is 6.59. The summed E-state index contributed by atoms with van der Waals surface area (Å²) in [5.41, 5.74) is 0.735. The molecule has 0 heterocycles.